The minimum atomic E-state index is -4.32. The van der Waals surface area contributed by atoms with Crippen LogP contribution in [0.3, 0.4) is 0 Å². The van der Waals surface area contributed by atoms with Gasteiger partial charge in [-0.05, 0) is 0 Å². The third-order valence-corrected chi connectivity index (χ3v) is 2.06. The van der Waals surface area contributed by atoms with E-state index in [1.807, 2.05) is 0 Å². The summed E-state index contributed by atoms with van der Waals surface area (Å²) in [5.41, 5.74) is 5.69. The summed E-state index contributed by atoms with van der Waals surface area (Å²) in [4.78, 5) is 3.99. The van der Waals surface area contributed by atoms with E-state index in [-0.39, 0.29) is 19.1 Å². The Labute approximate surface area is 108 Å². The molecule has 0 aliphatic heterocycles. The standard InChI is InChI=1S/C10H16F3N3O3/c1-17-5-7(14)4-9-15-8(16-19-9)2-3-18-6-10(11,12)13/h7H,2-6,14H2,1H3. The van der Waals surface area contributed by atoms with Crippen molar-refractivity contribution in [1.82, 2.24) is 10.1 Å². The smallest absolute Gasteiger partial charge is 0.383 e. The van der Waals surface area contributed by atoms with Crippen LogP contribution in [0.15, 0.2) is 4.52 Å². The molecule has 0 radical (unpaired) electrons. The second kappa shape index (κ2) is 7.41. The fourth-order valence-electron chi connectivity index (χ4n) is 1.32. The Morgan fingerprint density at radius 1 is 1.42 bits per heavy atom. The number of hydrogen-bond acceptors (Lipinski definition) is 6. The van der Waals surface area contributed by atoms with E-state index in [4.69, 9.17) is 15.0 Å². The normalized spacial score (nSPS) is 13.7. The van der Waals surface area contributed by atoms with Gasteiger partial charge in [0.2, 0.25) is 5.89 Å². The number of halogens is 3. The average molecular weight is 283 g/mol. The summed E-state index contributed by atoms with van der Waals surface area (Å²) >= 11 is 0. The second-order valence-electron chi connectivity index (χ2n) is 3.94. The van der Waals surface area contributed by atoms with Crippen molar-refractivity contribution < 1.29 is 27.2 Å². The Morgan fingerprint density at radius 2 is 2.16 bits per heavy atom. The van der Waals surface area contributed by atoms with Gasteiger partial charge in [-0.2, -0.15) is 18.2 Å². The molecule has 0 saturated heterocycles. The summed E-state index contributed by atoms with van der Waals surface area (Å²) in [6, 6.07) is -0.264. The summed E-state index contributed by atoms with van der Waals surface area (Å²) in [6.07, 6.45) is -3.82. The van der Waals surface area contributed by atoms with E-state index in [0.29, 0.717) is 24.7 Å². The monoisotopic (exact) mass is 283 g/mol. The molecule has 0 bridgehead atoms. The molecule has 6 nitrogen and oxygen atoms in total. The molecular formula is C10H16F3N3O3. The highest BCUT2D eigenvalue weighted by Gasteiger charge is 2.27. The van der Waals surface area contributed by atoms with Crippen LogP contribution in [0, 0.1) is 0 Å². The third-order valence-electron chi connectivity index (χ3n) is 2.06. The van der Waals surface area contributed by atoms with E-state index in [1.165, 1.54) is 7.11 Å². The Morgan fingerprint density at radius 3 is 2.79 bits per heavy atom. The molecule has 19 heavy (non-hydrogen) atoms. The number of rotatable bonds is 8. The number of methoxy groups -OCH3 is 1. The number of nitrogens with two attached hydrogens (primary N) is 1. The predicted molar refractivity (Wildman–Crippen MR) is 58.4 cm³/mol. The van der Waals surface area contributed by atoms with Gasteiger partial charge >= 0.3 is 6.18 Å². The number of ether oxygens (including phenoxy) is 2. The quantitative estimate of drug-likeness (QED) is 0.707. The van der Waals surface area contributed by atoms with Crippen molar-refractivity contribution in [3.05, 3.63) is 11.7 Å². The van der Waals surface area contributed by atoms with Gasteiger partial charge < -0.3 is 19.7 Å². The molecule has 9 heteroatoms. The number of aromatic nitrogens is 2. The topological polar surface area (TPSA) is 83.4 Å². The van der Waals surface area contributed by atoms with Gasteiger partial charge in [0.25, 0.3) is 0 Å². The van der Waals surface area contributed by atoms with Crippen LogP contribution in [0.2, 0.25) is 0 Å². The molecular weight excluding hydrogens is 267 g/mol. The van der Waals surface area contributed by atoms with E-state index in [0.717, 1.165) is 0 Å². The zero-order chi connectivity index (χ0) is 14.3. The van der Waals surface area contributed by atoms with Crippen molar-refractivity contribution in [2.24, 2.45) is 5.73 Å². The summed E-state index contributed by atoms with van der Waals surface area (Å²) < 4.78 is 49.6. The molecule has 0 saturated carbocycles. The molecule has 0 fully saturated rings. The van der Waals surface area contributed by atoms with Gasteiger partial charge in [-0.3, -0.25) is 0 Å². The lowest BCUT2D eigenvalue weighted by molar-refractivity contribution is -0.173. The molecule has 1 heterocycles. The van der Waals surface area contributed by atoms with E-state index in [2.05, 4.69) is 14.9 Å². The predicted octanol–water partition coefficient (Wildman–Crippen LogP) is 0.707. The van der Waals surface area contributed by atoms with E-state index >= 15 is 0 Å². The first-order chi connectivity index (χ1) is 8.90. The Bertz CT molecular complexity index is 370. The molecule has 0 spiro atoms. The van der Waals surface area contributed by atoms with Crippen LogP contribution >= 0.6 is 0 Å². The fraction of sp³-hybridized carbons (Fsp3) is 0.800. The first-order valence-corrected chi connectivity index (χ1v) is 5.61. The Kier molecular flexibility index (Phi) is 6.19. The largest absolute Gasteiger partial charge is 0.411 e. The summed E-state index contributed by atoms with van der Waals surface area (Å²) in [6.45, 7) is -1.05. The number of nitrogens with zero attached hydrogens (tertiary/aromatic N) is 2. The molecule has 0 aliphatic carbocycles. The molecule has 2 N–H and O–H groups in total. The molecule has 1 unspecified atom stereocenters. The molecule has 1 rings (SSSR count). The lowest BCUT2D eigenvalue weighted by Gasteiger charge is -2.06. The van der Waals surface area contributed by atoms with Crippen molar-refractivity contribution in [1.29, 1.82) is 0 Å². The van der Waals surface area contributed by atoms with Crippen LogP contribution in [0.25, 0.3) is 0 Å². The minimum Gasteiger partial charge on any atom is -0.383 e. The lowest BCUT2D eigenvalue weighted by atomic mass is 10.2. The molecule has 0 aliphatic rings. The lowest BCUT2D eigenvalue weighted by Crippen LogP contribution is -2.28. The fourth-order valence-corrected chi connectivity index (χ4v) is 1.32. The molecule has 110 valence electrons. The van der Waals surface area contributed by atoms with Gasteiger partial charge in [0.05, 0.1) is 13.2 Å². The first-order valence-electron chi connectivity index (χ1n) is 5.61. The molecule has 1 atom stereocenters. The maximum Gasteiger partial charge on any atom is 0.411 e. The van der Waals surface area contributed by atoms with Gasteiger partial charge in [0.1, 0.15) is 6.61 Å². The van der Waals surface area contributed by atoms with Crippen LogP contribution in [0.5, 0.6) is 0 Å². The van der Waals surface area contributed by atoms with Crippen molar-refractivity contribution >= 4 is 0 Å². The van der Waals surface area contributed by atoms with Gasteiger partial charge in [-0.25, -0.2) is 0 Å². The zero-order valence-electron chi connectivity index (χ0n) is 10.4. The number of alkyl halides is 3. The van der Waals surface area contributed by atoms with E-state index < -0.39 is 12.8 Å². The molecule has 1 aromatic rings. The summed E-state index contributed by atoms with van der Waals surface area (Å²) in [5.74, 6) is 0.622. The molecule has 1 aromatic heterocycles. The van der Waals surface area contributed by atoms with Gasteiger partial charge in [-0.1, -0.05) is 5.16 Å². The van der Waals surface area contributed by atoms with Gasteiger partial charge in [0.15, 0.2) is 5.82 Å². The van der Waals surface area contributed by atoms with Gasteiger partial charge in [0, 0.05) is 26.0 Å². The highest BCUT2D eigenvalue weighted by molar-refractivity contribution is 4.89. The van der Waals surface area contributed by atoms with Crippen LogP contribution < -0.4 is 5.73 Å². The SMILES string of the molecule is COCC(N)Cc1nc(CCOCC(F)(F)F)no1. The Balaban J connectivity index is 2.27. The van der Waals surface area contributed by atoms with Crippen LogP contribution in [0.1, 0.15) is 11.7 Å². The zero-order valence-corrected chi connectivity index (χ0v) is 10.4. The van der Waals surface area contributed by atoms with Crippen molar-refractivity contribution in [2.75, 3.05) is 26.9 Å². The summed E-state index contributed by atoms with van der Waals surface area (Å²) in [5, 5.41) is 3.62. The highest BCUT2D eigenvalue weighted by atomic mass is 19.4. The highest BCUT2D eigenvalue weighted by Crippen LogP contribution is 2.14. The average Bonchev–Trinajstić information content (AvgIpc) is 2.71. The van der Waals surface area contributed by atoms with Crippen LogP contribution in [-0.2, 0) is 22.3 Å². The molecule has 0 aromatic carbocycles. The first kappa shape index (κ1) is 15.9. The maximum atomic E-state index is 11.8. The minimum absolute atomic E-state index is 0.122. The van der Waals surface area contributed by atoms with Crippen molar-refractivity contribution in [3.63, 3.8) is 0 Å². The van der Waals surface area contributed by atoms with Crippen molar-refractivity contribution in [3.8, 4) is 0 Å². The second-order valence-corrected chi connectivity index (χ2v) is 3.94. The van der Waals surface area contributed by atoms with Crippen LogP contribution in [-0.4, -0.2) is 49.3 Å². The van der Waals surface area contributed by atoms with Crippen molar-refractivity contribution in [2.45, 2.75) is 25.1 Å². The summed E-state index contributed by atoms with van der Waals surface area (Å²) in [7, 11) is 1.52. The number of hydrogen-bond donors (Lipinski definition) is 1. The Hall–Kier alpha value is -1.19. The molecule has 0 amide bonds. The maximum absolute atomic E-state index is 11.8. The third kappa shape index (κ3) is 7.09. The van der Waals surface area contributed by atoms with E-state index in [1.54, 1.807) is 0 Å². The van der Waals surface area contributed by atoms with E-state index in [9.17, 15) is 13.2 Å². The van der Waals surface area contributed by atoms with Crippen LogP contribution in [0.4, 0.5) is 13.2 Å². The van der Waals surface area contributed by atoms with Gasteiger partial charge in [-0.15, -0.1) is 0 Å².